The Morgan fingerprint density at radius 2 is 1.67 bits per heavy atom. The second kappa shape index (κ2) is 11.4. The predicted octanol–water partition coefficient (Wildman–Crippen LogP) is 3.88. The molecule has 2 amide bonds. The summed E-state index contributed by atoms with van der Waals surface area (Å²) in [6, 6.07) is 23.1. The van der Waals surface area contributed by atoms with Crippen LogP contribution in [0.2, 0.25) is 0 Å². The van der Waals surface area contributed by atoms with Crippen LogP contribution in [0, 0.1) is 0 Å². The molecule has 0 unspecified atom stereocenters. The van der Waals surface area contributed by atoms with Crippen LogP contribution in [0.4, 0.5) is 5.69 Å². The van der Waals surface area contributed by atoms with E-state index in [2.05, 4.69) is 5.32 Å². The summed E-state index contributed by atoms with van der Waals surface area (Å²) in [4.78, 5) is 26.8. The van der Waals surface area contributed by atoms with E-state index in [1.165, 1.54) is 12.1 Å². The van der Waals surface area contributed by atoms with Gasteiger partial charge in [0.05, 0.1) is 10.6 Å². The van der Waals surface area contributed by atoms with Gasteiger partial charge < -0.3 is 10.2 Å². The highest BCUT2D eigenvalue weighted by Gasteiger charge is 2.27. The van der Waals surface area contributed by atoms with Crippen LogP contribution in [0.15, 0.2) is 83.8 Å². The lowest BCUT2D eigenvalue weighted by atomic mass is 10.1. The monoisotopic (exact) mass is 505 g/mol. The summed E-state index contributed by atoms with van der Waals surface area (Å²) in [5, 5.41) is 2.85. The molecule has 0 aromatic heterocycles. The second-order valence-corrected chi connectivity index (χ2v) is 10.7. The number of nitrogens with one attached hydrogen (secondary N) is 1. The molecule has 1 fully saturated rings. The van der Waals surface area contributed by atoms with Crippen LogP contribution < -0.4 is 9.62 Å². The van der Waals surface area contributed by atoms with E-state index in [1.54, 1.807) is 30.3 Å². The van der Waals surface area contributed by atoms with Gasteiger partial charge in [-0.1, -0.05) is 61.5 Å². The topological polar surface area (TPSA) is 86.8 Å². The van der Waals surface area contributed by atoms with Gasteiger partial charge in [-0.2, -0.15) is 0 Å². The van der Waals surface area contributed by atoms with Crippen molar-refractivity contribution in [1.82, 2.24) is 10.2 Å². The van der Waals surface area contributed by atoms with E-state index in [0.717, 1.165) is 40.4 Å². The fourth-order valence-electron chi connectivity index (χ4n) is 4.25. The molecule has 7 nitrogen and oxygen atoms in total. The maximum atomic E-state index is 13.4. The van der Waals surface area contributed by atoms with Crippen molar-refractivity contribution in [2.24, 2.45) is 0 Å². The zero-order chi connectivity index (χ0) is 25.5. The van der Waals surface area contributed by atoms with E-state index in [4.69, 9.17) is 0 Å². The first kappa shape index (κ1) is 25.4. The first-order chi connectivity index (χ1) is 17.4. The molecule has 1 N–H and O–H groups in total. The number of nitrogens with zero attached hydrogens (tertiary/aromatic N) is 2. The van der Waals surface area contributed by atoms with E-state index in [1.807, 2.05) is 48.2 Å². The first-order valence-electron chi connectivity index (χ1n) is 12.2. The second-order valence-electron chi connectivity index (χ2n) is 8.86. The van der Waals surface area contributed by atoms with Crippen molar-refractivity contribution in [3.63, 3.8) is 0 Å². The Balaban J connectivity index is 1.47. The van der Waals surface area contributed by atoms with Gasteiger partial charge in [0.15, 0.2) is 0 Å². The molecule has 0 atom stereocenters. The number of hydrogen-bond donors (Lipinski definition) is 1. The first-order valence-corrected chi connectivity index (χ1v) is 13.6. The molecule has 188 valence electrons. The van der Waals surface area contributed by atoms with Crippen LogP contribution in [-0.2, 0) is 39.1 Å². The number of likely N-dealkylation sites (tertiary alicyclic amines) is 1. The van der Waals surface area contributed by atoms with Crippen LogP contribution in [-0.4, -0.2) is 38.2 Å². The number of rotatable bonds is 10. The summed E-state index contributed by atoms with van der Waals surface area (Å²) < 4.78 is 28.0. The van der Waals surface area contributed by atoms with Crippen LogP contribution in [0.1, 0.15) is 36.5 Å². The number of anilines is 1. The Morgan fingerprint density at radius 1 is 0.944 bits per heavy atom. The Bertz CT molecular complexity index is 1310. The van der Waals surface area contributed by atoms with Crippen molar-refractivity contribution < 1.29 is 18.0 Å². The summed E-state index contributed by atoms with van der Waals surface area (Å²) in [5.41, 5.74) is 3.40. The Hall–Kier alpha value is -3.65. The van der Waals surface area contributed by atoms with Gasteiger partial charge in [-0.25, -0.2) is 8.42 Å². The Kier molecular flexibility index (Phi) is 8.05. The van der Waals surface area contributed by atoms with Gasteiger partial charge in [0.2, 0.25) is 11.8 Å². The quantitative estimate of drug-likeness (QED) is 0.453. The van der Waals surface area contributed by atoms with Gasteiger partial charge in [-0.05, 0) is 53.8 Å². The average Bonchev–Trinajstić information content (AvgIpc) is 3.30. The van der Waals surface area contributed by atoms with Gasteiger partial charge in [0.25, 0.3) is 10.0 Å². The van der Waals surface area contributed by atoms with Crippen molar-refractivity contribution >= 4 is 27.5 Å². The Labute approximate surface area is 212 Å². The molecule has 0 saturated carbocycles. The van der Waals surface area contributed by atoms with Gasteiger partial charge in [0, 0.05) is 26.1 Å². The molecule has 0 spiro atoms. The zero-order valence-electron chi connectivity index (χ0n) is 20.4. The Morgan fingerprint density at radius 3 is 2.33 bits per heavy atom. The summed E-state index contributed by atoms with van der Waals surface area (Å²) in [5.74, 6) is -0.241. The molecule has 0 aliphatic carbocycles. The SMILES string of the molecule is CCc1ccc(N(CC(=O)NCc2cccc(CN3CCCC3=O)c2)S(=O)(=O)c2ccccc2)cc1. The summed E-state index contributed by atoms with van der Waals surface area (Å²) >= 11 is 0. The number of benzene rings is 3. The molecular formula is C28H31N3O4S. The normalized spacial score (nSPS) is 13.6. The molecule has 1 heterocycles. The number of hydrogen-bond acceptors (Lipinski definition) is 4. The molecule has 8 heteroatoms. The molecule has 1 aliphatic heterocycles. The smallest absolute Gasteiger partial charge is 0.264 e. The van der Waals surface area contributed by atoms with Crippen LogP contribution in [0.5, 0.6) is 0 Å². The third-order valence-electron chi connectivity index (χ3n) is 6.28. The lowest BCUT2D eigenvalue weighted by Gasteiger charge is -2.24. The van der Waals surface area contributed by atoms with Crippen LogP contribution in [0.3, 0.4) is 0 Å². The summed E-state index contributed by atoms with van der Waals surface area (Å²) in [6.45, 7) is 3.26. The highest BCUT2D eigenvalue weighted by molar-refractivity contribution is 7.92. The van der Waals surface area contributed by atoms with E-state index in [-0.39, 0.29) is 23.9 Å². The lowest BCUT2D eigenvalue weighted by molar-refractivity contribution is -0.128. The predicted molar refractivity (Wildman–Crippen MR) is 140 cm³/mol. The lowest BCUT2D eigenvalue weighted by Crippen LogP contribution is -2.40. The molecule has 3 aromatic rings. The van der Waals surface area contributed by atoms with Crippen molar-refractivity contribution in [2.45, 2.75) is 44.2 Å². The molecule has 1 aliphatic rings. The van der Waals surface area contributed by atoms with Crippen molar-refractivity contribution in [2.75, 3.05) is 17.4 Å². The fourth-order valence-corrected chi connectivity index (χ4v) is 5.69. The minimum atomic E-state index is -3.94. The van der Waals surface area contributed by atoms with E-state index >= 15 is 0 Å². The van der Waals surface area contributed by atoms with Crippen LogP contribution in [0.25, 0.3) is 0 Å². The third-order valence-corrected chi connectivity index (χ3v) is 8.06. The molecule has 0 bridgehead atoms. The van der Waals surface area contributed by atoms with Crippen molar-refractivity contribution in [1.29, 1.82) is 0 Å². The summed E-state index contributed by atoms with van der Waals surface area (Å²) in [7, 11) is -3.94. The molecule has 36 heavy (non-hydrogen) atoms. The van der Waals surface area contributed by atoms with Gasteiger partial charge in [-0.3, -0.25) is 13.9 Å². The van der Waals surface area contributed by atoms with Gasteiger partial charge >= 0.3 is 0 Å². The molecule has 0 radical (unpaired) electrons. The summed E-state index contributed by atoms with van der Waals surface area (Å²) in [6.07, 6.45) is 2.31. The molecule has 1 saturated heterocycles. The largest absolute Gasteiger partial charge is 0.350 e. The standard InChI is InChI=1S/C28H31N3O4S/c1-2-22-13-15-25(16-14-22)31(36(34,35)26-10-4-3-5-11-26)21-27(32)29-19-23-8-6-9-24(18-23)20-30-17-7-12-28(30)33/h3-6,8-11,13-16,18H,2,7,12,17,19-21H2,1H3,(H,29,32). The zero-order valence-corrected chi connectivity index (χ0v) is 21.2. The number of aryl methyl sites for hydroxylation is 1. The molecular weight excluding hydrogens is 474 g/mol. The number of carbonyl (C=O) groups is 2. The van der Waals surface area contributed by atoms with Crippen LogP contribution >= 0.6 is 0 Å². The van der Waals surface area contributed by atoms with Gasteiger partial charge in [0.1, 0.15) is 6.54 Å². The third kappa shape index (κ3) is 6.12. The van der Waals surface area contributed by atoms with Crippen molar-refractivity contribution in [3.05, 3.63) is 95.6 Å². The van der Waals surface area contributed by atoms with E-state index < -0.39 is 15.9 Å². The minimum absolute atomic E-state index is 0.126. The van der Waals surface area contributed by atoms with E-state index in [0.29, 0.717) is 18.7 Å². The van der Waals surface area contributed by atoms with Crippen molar-refractivity contribution in [3.8, 4) is 0 Å². The van der Waals surface area contributed by atoms with E-state index in [9.17, 15) is 18.0 Å². The molecule has 3 aromatic carbocycles. The average molecular weight is 506 g/mol. The number of carbonyl (C=O) groups excluding carboxylic acids is 2. The number of sulfonamides is 1. The maximum Gasteiger partial charge on any atom is 0.264 e. The van der Waals surface area contributed by atoms with Gasteiger partial charge in [-0.15, -0.1) is 0 Å². The minimum Gasteiger partial charge on any atom is -0.350 e. The number of amides is 2. The molecule has 4 rings (SSSR count). The highest BCUT2D eigenvalue weighted by Crippen LogP contribution is 2.24. The maximum absolute atomic E-state index is 13.4. The fraction of sp³-hybridized carbons (Fsp3) is 0.286. The highest BCUT2D eigenvalue weighted by atomic mass is 32.2.